The number of likely N-dealkylation sites (tertiary alicyclic amines) is 1. The summed E-state index contributed by atoms with van der Waals surface area (Å²) >= 11 is 6.31. The predicted molar refractivity (Wildman–Crippen MR) is 76.2 cm³/mol. The highest BCUT2D eigenvalue weighted by atomic mass is 35.5. The lowest BCUT2D eigenvalue weighted by Crippen LogP contribution is -2.34. The maximum atomic E-state index is 12.4. The van der Waals surface area contributed by atoms with Crippen LogP contribution in [0.15, 0.2) is 12.4 Å². The molecule has 5 heteroatoms. The third-order valence-corrected chi connectivity index (χ3v) is 3.97. The van der Waals surface area contributed by atoms with Gasteiger partial charge in [-0.05, 0) is 19.3 Å². The van der Waals surface area contributed by atoms with E-state index in [-0.39, 0.29) is 5.91 Å². The van der Waals surface area contributed by atoms with Crippen LogP contribution in [0.1, 0.15) is 50.0 Å². The summed E-state index contributed by atoms with van der Waals surface area (Å²) in [7, 11) is 0. The van der Waals surface area contributed by atoms with E-state index in [1.165, 1.54) is 12.8 Å². The summed E-state index contributed by atoms with van der Waals surface area (Å²) in [6, 6.07) is 0. The number of hydrogen-bond donors (Lipinski definition) is 0. The number of aromatic nitrogens is 2. The minimum absolute atomic E-state index is 0.0274. The minimum Gasteiger partial charge on any atom is -0.341 e. The molecule has 4 nitrogen and oxygen atoms in total. The summed E-state index contributed by atoms with van der Waals surface area (Å²) in [5.41, 5.74) is 0.810. The Morgan fingerprint density at radius 3 is 2.68 bits per heavy atom. The van der Waals surface area contributed by atoms with Gasteiger partial charge in [0.15, 0.2) is 0 Å². The zero-order valence-corrected chi connectivity index (χ0v) is 12.3. The highest BCUT2D eigenvalue weighted by Gasteiger charge is 2.25. The van der Waals surface area contributed by atoms with E-state index in [0.29, 0.717) is 0 Å². The summed E-state index contributed by atoms with van der Waals surface area (Å²) in [6.07, 6.45) is 9.22. The van der Waals surface area contributed by atoms with Crippen LogP contribution in [0.5, 0.6) is 0 Å². The molecule has 2 rings (SSSR count). The number of carbonyl (C=O) groups is 1. The van der Waals surface area contributed by atoms with Gasteiger partial charge in [0, 0.05) is 31.4 Å². The summed E-state index contributed by atoms with van der Waals surface area (Å²) in [4.78, 5) is 14.3. The number of rotatable bonds is 4. The molecule has 0 bridgehead atoms. The molecule has 1 saturated heterocycles. The summed E-state index contributed by atoms with van der Waals surface area (Å²) in [5.74, 6) is 0.0274. The number of carbonyl (C=O) groups excluding carboxylic acids is 1. The van der Waals surface area contributed by atoms with E-state index in [2.05, 4.69) is 12.0 Å². The number of nitrogens with zero attached hydrogens (tertiary/aromatic N) is 3. The van der Waals surface area contributed by atoms with E-state index in [9.17, 15) is 4.79 Å². The Balaban J connectivity index is 2.00. The fraction of sp³-hybridized carbons (Fsp3) is 0.714. The molecule has 2 heterocycles. The van der Waals surface area contributed by atoms with Crippen LogP contribution in [0.4, 0.5) is 0 Å². The van der Waals surface area contributed by atoms with E-state index >= 15 is 0 Å². The maximum Gasteiger partial charge on any atom is 0.245 e. The first-order valence-electron chi connectivity index (χ1n) is 7.17. The zero-order valence-electron chi connectivity index (χ0n) is 11.5. The number of halogens is 1. The van der Waals surface area contributed by atoms with E-state index in [4.69, 9.17) is 11.6 Å². The highest BCUT2D eigenvalue weighted by molar-refractivity contribution is 6.30. The van der Waals surface area contributed by atoms with Crippen molar-refractivity contribution < 1.29 is 4.79 Å². The van der Waals surface area contributed by atoms with Crippen molar-refractivity contribution in [3.63, 3.8) is 0 Å². The van der Waals surface area contributed by atoms with Crippen LogP contribution in [0.3, 0.4) is 0 Å². The fourth-order valence-electron chi connectivity index (χ4n) is 2.46. The van der Waals surface area contributed by atoms with Crippen molar-refractivity contribution in [2.75, 3.05) is 13.1 Å². The van der Waals surface area contributed by atoms with Crippen LogP contribution < -0.4 is 0 Å². The Kier molecular flexibility index (Phi) is 5.25. The molecule has 1 atom stereocenters. The number of aryl methyl sites for hydroxylation is 1. The molecule has 1 aromatic heterocycles. The number of amides is 1. The smallest absolute Gasteiger partial charge is 0.245 e. The van der Waals surface area contributed by atoms with Gasteiger partial charge in [-0.1, -0.05) is 19.8 Å². The Morgan fingerprint density at radius 1 is 1.37 bits per heavy atom. The Hall–Kier alpha value is -1.03. The number of hydrogen-bond acceptors (Lipinski definition) is 2. The second-order valence-electron chi connectivity index (χ2n) is 5.14. The molecule has 1 aliphatic heterocycles. The molecule has 106 valence electrons. The quantitative estimate of drug-likeness (QED) is 0.797. The van der Waals surface area contributed by atoms with Gasteiger partial charge in [-0.2, -0.15) is 5.10 Å². The van der Waals surface area contributed by atoms with Gasteiger partial charge in [0.25, 0.3) is 0 Å². The first kappa shape index (κ1) is 14.4. The molecule has 1 amide bonds. The van der Waals surface area contributed by atoms with E-state index in [1.807, 2.05) is 15.8 Å². The fourth-order valence-corrected chi connectivity index (χ4v) is 2.71. The lowest BCUT2D eigenvalue weighted by molar-refractivity contribution is -0.130. The topological polar surface area (TPSA) is 38.1 Å². The van der Waals surface area contributed by atoms with Crippen LogP contribution in [0.2, 0.25) is 0 Å². The molecule has 0 aromatic carbocycles. The monoisotopic (exact) mass is 283 g/mol. The first-order chi connectivity index (χ1) is 9.22. The molecule has 19 heavy (non-hydrogen) atoms. The van der Waals surface area contributed by atoms with Crippen LogP contribution in [-0.4, -0.2) is 33.7 Å². The lowest BCUT2D eigenvalue weighted by atomic mass is 10.2. The van der Waals surface area contributed by atoms with Crippen molar-refractivity contribution in [3.05, 3.63) is 18.0 Å². The van der Waals surface area contributed by atoms with Crippen molar-refractivity contribution in [1.82, 2.24) is 14.7 Å². The average Bonchev–Trinajstić information content (AvgIpc) is 2.72. The first-order valence-corrected chi connectivity index (χ1v) is 7.61. The molecule has 0 spiro atoms. The molecular weight excluding hydrogens is 262 g/mol. The van der Waals surface area contributed by atoms with Crippen molar-refractivity contribution in [1.29, 1.82) is 0 Å². The van der Waals surface area contributed by atoms with E-state index < -0.39 is 5.38 Å². The molecule has 1 fully saturated rings. The van der Waals surface area contributed by atoms with Gasteiger partial charge >= 0.3 is 0 Å². The van der Waals surface area contributed by atoms with Crippen LogP contribution in [0, 0.1) is 0 Å². The Labute approximate surface area is 119 Å². The number of alkyl halides is 1. The lowest BCUT2D eigenvalue weighted by Gasteiger charge is -2.22. The van der Waals surface area contributed by atoms with Gasteiger partial charge in [-0.15, -0.1) is 11.6 Å². The van der Waals surface area contributed by atoms with Crippen LogP contribution >= 0.6 is 11.6 Å². The third kappa shape index (κ3) is 3.72. The summed E-state index contributed by atoms with van der Waals surface area (Å²) in [6.45, 7) is 4.64. The Bertz CT molecular complexity index is 411. The second-order valence-corrected chi connectivity index (χ2v) is 5.58. The van der Waals surface area contributed by atoms with Crippen molar-refractivity contribution in [2.45, 2.75) is 50.9 Å². The van der Waals surface area contributed by atoms with Crippen molar-refractivity contribution in [2.24, 2.45) is 0 Å². The predicted octanol–water partition coefficient (Wildman–Crippen LogP) is 2.98. The highest BCUT2D eigenvalue weighted by Crippen LogP contribution is 2.24. The van der Waals surface area contributed by atoms with E-state index in [0.717, 1.165) is 44.5 Å². The SMILES string of the molecule is CCCn1cc(C(Cl)C(=O)N2CCCCCC2)cn1. The van der Waals surface area contributed by atoms with Gasteiger partial charge in [-0.3, -0.25) is 9.48 Å². The molecule has 0 aliphatic carbocycles. The zero-order chi connectivity index (χ0) is 13.7. The van der Waals surface area contributed by atoms with Gasteiger partial charge in [0.05, 0.1) is 6.20 Å². The van der Waals surface area contributed by atoms with Gasteiger partial charge in [0.2, 0.25) is 5.91 Å². The van der Waals surface area contributed by atoms with Gasteiger partial charge < -0.3 is 4.90 Å². The largest absolute Gasteiger partial charge is 0.341 e. The Morgan fingerprint density at radius 2 is 2.05 bits per heavy atom. The van der Waals surface area contributed by atoms with Crippen LogP contribution in [-0.2, 0) is 11.3 Å². The van der Waals surface area contributed by atoms with Crippen LogP contribution in [0.25, 0.3) is 0 Å². The third-order valence-electron chi connectivity index (χ3n) is 3.53. The molecule has 0 radical (unpaired) electrons. The standard InChI is InChI=1S/C14H22ClN3O/c1-2-7-18-11-12(10-16-18)13(15)14(19)17-8-5-3-4-6-9-17/h10-11,13H,2-9H2,1H3. The molecule has 1 unspecified atom stereocenters. The van der Waals surface area contributed by atoms with Gasteiger partial charge in [-0.25, -0.2) is 0 Å². The van der Waals surface area contributed by atoms with E-state index in [1.54, 1.807) is 6.20 Å². The molecule has 1 aromatic rings. The van der Waals surface area contributed by atoms with Crippen molar-refractivity contribution >= 4 is 17.5 Å². The summed E-state index contributed by atoms with van der Waals surface area (Å²) in [5, 5.41) is 3.64. The molecule has 0 saturated carbocycles. The molecular formula is C14H22ClN3O. The normalized spacial score (nSPS) is 18.1. The average molecular weight is 284 g/mol. The molecule has 1 aliphatic rings. The minimum atomic E-state index is -0.594. The second kappa shape index (κ2) is 6.94. The maximum absolute atomic E-state index is 12.4. The molecule has 0 N–H and O–H groups in total. The summed E-state index contributed by atoms with van der Waals surface area (Å²) < 4.78 is 1.85. The van der Waals surface area contributed by atoms with Crippen molar-refractivity contribution in [3.8, 4) is 0 Å². The van der Waals surface area contributed by atoms with Gasteiger partial charge in [0.1, 0.15) is 5.38 Å².